The van der Waals surface area contributed by atoms with E-state index in [0.717, 1.165) is 49.8 Å². The van der Waals surface area contributed by atoms with Gasteiger partial charge >= 0.3 is 0 Å². The van der Waals surface area contributed by atoms with Crippen LogP contribution in [0.15, 0.2) is 18.2 Å². The Morgan fingerprint density at radius 1 is 1.00 bits per heavy atom. The van der Waals surface area contributed by atoms with Gasteiger partial charge in [-0.1, -0.05) is 32.9 Å². The Kier molecular flexibility index (Phi) is 6.38. The Balaban J connectivity index is 1.20. The topological polar surface area (TPSA) is 64.7 Å². The van der Waals surface area contributed by atoms with Gasteiger partial charge in [0, 0.05) is 37.9 Å². The number of carbonyl (C=O) groups is 2. The molecule has 6 nitrogen and oxygen atoms in total. The minimum atomic E-state index is 0.0250. The number of hydrogen-bond acceptors (Lipinski definition) is 4. The first-order valence-corrected chi connectivity index (χ1v) is 12.2. The van der Waals surface area contributed by atoms with Crippen LogP contribution in [0.1, 0.15) is 51.2 Å². The maximum atomic E-state index is 12.8. The molecule has 3 fully saturated rings. The van der Waals surface area contributed by atoms with Gasteiger partial charge < -0.3 is 10.6 Å². The summed E-state index contributed by atoms with van der Waals surface area (Å²) in [7, 11) is 0. The van der Waals surface area contributed by atoms with E-state index < -0.39 is 0 Å². The van der Waals surface area contributed by atoms with Crippen molar-refractivity contribution in [2.24, 2.45) is 16.7 Å². The van der Waals surface area contributed by atoms with Gasteiger partial charge in [0.1, 0.15) is 0 Å². The van der Waals surface area contributed by atoms with Crippen LogP contribution in [-0.4, -0.2) is 66.9 Å². The Morgan fingerprint density at radius 3 is 2.19 bits per heavy atom. The molecule has 2 N–H and O–H groups in total. The summed E-state index contributed by atoms with van der Waals surface area (Å²) in [5.41, 5.74) is 3.72. The summed E-state index contributed by atoms with van der Waals surface area (Å²) in [4.78, 5) is 29.7. The number of carbonyl (C=O) groups excluding carboxylic acids is 2. The maximum absolute atomic E-state index is 12.8. The fourth-order valence-corrected chi connectivity index (χ4v) is 6.25. The molecule has 3 atom stereocenters. The van der Waals surface area contributed by atoms with E-state index in [4.69, 9.17) is 0 Å². The lowest BCUT2D eigenvalue weighted by Crippen LogP contribution is -2.53. The molecule has 1 heterocycles. The van der Waals surface area contributed by atoms with E-state index in [1.54, 1.807) is 0 Å². The van der Waals surface area contributed by atoms with Crippen molar-refractivity contribution in [3.05, 3.63) is 29.3 Å². The third-order valence-corrected chi connectivity index (χ3v) is 9.21. The van der Waals surface area contributed by atoms with Crippen molar-refractivity contribution in [3.8, 4) is 0 Å². The van der Waals surface area contributed by atoms with Crippen LogP contribution in [0.25, 0.3) is 0 Å². The first-order chi connectivity index (χ1) is 15.1. The normalized spacial score (nSPS) is 29.8. The molecule has 6 heteroatoms. The number of hydrogen-bond donors (Lipinski definition) is 2. The van der Waals surface area contributed by atoms with Crippen molar-refractivity contribution >= 4 is 17.5 Å². The summed E-state index contributed by atoms with van der Waals surface area (Å²) >= 11 is 0. The van der Waals surface area contributed by atoms with E-state index in [-0.39, 0.29) is 17.2 Å². The average molecular weight is 441 g/mol. The molecule has 1 saturated heterocycles. The minimum Gasteiger partial charge on any atom is -0.352 e. The molecule has 3 unspecified atom stereocenters. The van der Waals surface area contributed by atoms with Gasteiger partial charge in [0.25, 0.3) is 0 Å². The number of nitrogens with one attached hydrogen (secondary N) is 2. The Morgan fingerprint density at radius 2 is 1.62 bits per heavy atom. The minimum absolute atomic E-state index is 0.0250. The van der Waals surface area contributed by atoms with Crippen molar-refractivity contribution in [2.75, 3.05) is 44.6 Å². The van der Waals surface area contributed by atoms with Gasteiger partial charge in [-0.25, -0.2) is 0 Å². The van der Waals surface area contributed by atoms with E-state index in [2.05, 4.69) is 54.2 Å². The molecule has 1 aromatic rings. The summed E-state index contributed by atoms with van der Waals surface area (Å²) < 4.78 is 0. The van der Waals surface area contributed by atoms with Crippen LogP contribution in [0.3, 0.4) is 0 Å². The highest BCUT2D eigenvalue weighted by molar-refractivity contribution is 5.93. The van der Waals surface area contributed by atoms with Gasteiger partial charge in [0.15, 0.2) is 0 Å². The van der Waals surface area contributed by atoms with Crippen LogP contribution < -0.4 is 10.6 Å². The van der Waals surface area contributed by atoms with Crippen molar-refractivity contribution < 1.29 is 9.59 Å². The zero-order valence-electron chi connectivity index (χ0n) is 20.5. The molecule has 2 bridgehead atoms. The summed E-state index contributed by atoms with van der Waals surface area (Å²) in [5, 5.41) is 6.42. The standard InChI is InChI=1S/C26H40N4O2/c1-18-7-6-8-21(19(18)2)27-23(31)16-29-11-13-30(14-12-29)17-24(32)28-22-15-20-9-10-26(22,5)25(20,3)4/h6-8,20,22H,9-17H2,1-5H3,(H,27,31)(H,28,32). The van der Waals surface area contributed by atoms with Crippen LogP contribution in [0.5, 0.6) is 0 Å². The lowest BCUT2D eigenvalue weighted by atomic mass is 9.69. The number of nitrogens with zero attached hydrogens (tertiary/aromatic N) is 2. The van der Waals surface area contributed by atoms with Gasteiger partial charge in [-0.3, -0.25) is 19.4 Å². The fourth-order valence-electron chi connectivity index (χ4n) is 6.25. The maximum Gasteiger partial charge on any atom is 0.238 e. The first kappa shape index (κ1) is 23.2. The molecule has 32 heavy (non-hydrogen) atoms. The molecule has 1 aliphatic heterocycles. The van der Waals surface area contributed by atoms with E-state index in [1.807, 2.05) is 19.1 Å². The van der Waals surface area contributed by atoms with Crippen molar-refractivity contribution in [1.29, 1.82) is 0 Å². The van der Waals surface area contributed by atoms with Gasteiger partial charge in [0.05, 0.1) is 13.1 Å². The summed E-state index contributed by atoms with van der Waals surface area (Å²) in [6.07, 6.45) is 3.64. The number of fused-ring (bicyclic) bond motifs is 2. The second-order valence-corrected chi connectivity index (χ2v) is 11.1. The molecule has 4 rings (SSSR count). The molecule has 0 radical (unpaired) electrons. The van der Waals surface area contributed by atoms with E-state index in [1.165, 1.54) is 18.4 Å². The summed E-state index contributed by atoms with van der Waals surface area (Å²) in [6, 6.07) is 6.28. The fraction of sp³-hybridized carbons (Fsp3) is 0.692. The molecule has 0 spiro atoms. The summed E-state index contributed by atoms with van der Waals surface area (Å²) in [5.74, 6) is 0.911. The van der Waals surface area contributed by atoms with Crippen LogP contribution in [0, 0.1) is 30.6 Å². The molecule has 2 aliphatic carbocycles. The lowest BCUT2D eigenvalue weighted by Gasteiger charge is -2.40. The SMILES string of the molecule is Cc1cccc(NC(=O)CN2CCN(CC(=O)NC3CC4CCC3(C)C4(C)C)CC2)c1C. The predicted octanol–water partition coefficient (Wildman–Crippen LogP) is 3.19. The first-order valence-electron chi connectivity index (χ1n) is 12.2. The Bertz CT molecular complexity index is 875. The number of aryl methyl sites for hydroxylation is 1. The second kappa shape index (κ2) is 8.79. The molecule has 2 saturated carbocycles. The van der Waals surface area contributed by atoms with Crippen molar-refractivity contribution in [1.82, 2.24) is 15.1 Å². The number of anilines is 1. The highest BCUT2D eigenvalue weighted by atomic mass is 16.2. The zero-order valence-corrected chi connectivity index (χ0v) is 20.5. The van der Waals surface area contributed by atoms with Crippen LogP contribution in [-0.2, 0) is 9.59 Å². The number of piperazine rings is 1. The molecule has 2 amide bonds. The zero-order chi connectivity index (χ0) is 23.1. The predicted molar refractivity (Wildman–Crippen MR) is 129 cm³/mol. The van der Waals surface area contributed by atoms with E-state index in [0.29, 0.717) is 24.5 Å². The number of amides is 2. The molecule has 3 aliphatic rings. The number of benzene rings is 1. The number of rotatable bonds is 6. The highest BCUT2D eigenvalue weighted by Crippen LogP contribution is 2.65. The smallest absolute Gasteiger partial charge is 0.238 e. The van der Waals surface area contributed by atoms with E-state index in [9.17, 15) is 9.59 Å². The van der Waals surface area contributed by atoms with Gasteiger partial charge in [-0.15, -0.1) is 0 Å². The van der Waals surface area contributed by atoms with Crippen LogP contribution >= 0.6 is 0 Å². The quantitative estimate of drug-likeness (QED) is 0.713. The molecule has 1 aromatic carbocycles. The molecule has 0 aromatic heterocycles. The van der Waals surface area contributed by atoms with Gasteiger partial charge in [-0.2, -0.15) is 0 Å². The largest absolute Gasteiger partial charge is 0.352 e. The summed E-state index contributed by atoms with van der Waals surface area (Å²) in [6.45, 7) is 15.3. The van der Waals surface area contributed by atoms with Gasteiger partial charge in [0.2, 0.25) is 11.8 Å². The Labute approximate surface area is 193 Å². The van der Waals surface area contributed by atoms with Crippen LogP contribution in [0.4, 0.5) is 5.69 Å². The van der Waals surface area contributed by atoms with Crippen LogP contribution in [0.2, 0.25) is 0 Å². The molecular formula is C26H40N4O2. The average Bonchev–Trinajstić information content (AvgIpc) is 3.06. The molecule has 176 valence electrons. The van der Waals surface area contributed by atoms with Crippen molar-refractivity contribution in [2.45, 2.75) is 59.9 Å². The van der Waals surface area contributed by atoms with Crippen molar-refractivity contribution in [3.63, 3.8) is 0 Å². The third kappa shape index (κ3) is 4.32. The third-order valence-electron chi connectivity index (χ3n) is 9.21. The molecular weight excluding hydrogens is 400 g/mol. The monoisotopic (exact) mass is 440 g/mol. The second-order valence-electron chi connectivity index (χ2n) is 11.1. The van der Waals surface area contributed by atoms with E-state index >= 15 is 0 Å². The van der Waals surface area contributed by atoms with Gasteiger partial charge in [-0.05, 0) is 67.1 Å². The highest BCUT2D eigenvalue weighted by Gasteiger charge is 2.61. The Hall–Kier alpha value is -1.92. The lowest BCUT2D eigenvalue weighted by molar-refractivity contribution is -0.125.